The van der Waals surface area contributed by atoms with Crippen LogP contribution < -0.4 is 5.32 Å². The Bertz CT molecular complexity index is 227. The van der Waals surface area contributed by atoms with E-state index in [0.717, 1.165) is 0 Å². The van der Waals surface area contributed by atoms with Crippen LogP contribution >= 0.6 is 0 Å². The lowest BCUT2D eigenvalue weighted by molar-refractivity contribution is -0.138. The van der Waals surface area contributed by atoms with Gasteiger partial charge in [0.05, 0.1) is 6.10 Å². The Kier molecular flexibility index (Phi) is 7.27. The van der Waals surface area contributed by atoms with Crippen molar-refractivity contribution >= 4 is 11.9 Å². The van der Waals surface area contributed by atoms with E-state index in [4.69, 9.17) is 5.11 Å². The molecule has 0 aromatic rings. The fourth-order valence-corrected chi connectivity index (χ4v) is 1.07. The van der Waals surface area contributed by atoms with E-state index < -0.39 is 12.1 Å². The predicted octanol–water partition coefficient (Wildman–Crippen LogP) is 0.294. The third-order valence-electron chi connectivity index (χ3n) is 1.82. The molecule has 5 nitrogen and oxygen atoms in total. The van der Waals surface area contributed by atoms with Crippen LogP contribution in [0.15, 0.2) is 12.7 Å². The minimum absolute atomic E-state index is 0.238. The molecule has 1 atom stereocenters. The van der Waals surface area contributed by atoms with Crippen LogP contribution in [0.2, 0.25) is 0 Å². The first-order valence-electron chi connectivity index (χ1n) is 4.83. The molecule has 0 spiro atoms. The monoisotopic (exact) mass is 215 g/mol. The largest absolute Gasteiger partial charge is 0.480 e. The molecule has 0 fully saturated rings. The van der Waals surface area contributed by atoms with E-state index >= 15 is 0 Å². The van der Waals surface area contributed by atoms with Crippen LogP contribution in [0.25, 0.3) is 0 Å². The van der Waals surface area contributed by atoms with E-state index in [9.17, 15) is 14.7 Å². The van der Waals surface area contributed by atoms with Crippen molar-refractivity contribution in [1.82, 2.24) is 5.32 Å². The maximum atomic E-state index is 11.0. The predicted molar refractivity (Wildman–Crippen MR) is 55.3 cm³/mol. The second kappa shape index (κ2) is 7.99. The van der Waals surface area contributed by atoms with Gasteiger partial charge in [-0.15, -0.1) is 6.58 Å². The van der Waals surface area contributed by atoms with Crippen molar-refractivity contribution in [3.63, 3.8) is 0 Å². The summed E-state index contributed by atoms with van der Waals surface area (Å²) in [5, 5.41) is 19.8. The van der Waals surface area contributed by atoms with Crippen LogP contribution in [0.1, 0.15) is 25.7 Å². The van der Waals surface area contributed by atoms with Gasteiger partial charge in [-0.1, -0.05) is 6.08 Å². The van der Waals surface area contributed by atoms with Crippen molar-refractivity contribution in [2.75, 3.05) is 6.54 Å². The molecule has 5 heteroatoms. The van der Waals surface area contributed by atoms with Crippen LogP contribution in [0.4, 0.5) is 0 Å². The molecule has 1 unspecified atom stereocenters. The lowest BCUT2D eigenvalue weighted by atomic mass is 10.1. The topological polar surface area (TPSA) is 86.6 Å². The molecule has 0 rings (SSSR count). The fraction of sp³-hybridized carbons (Fsp3) is 0.600. The Labute approximate surface area is 88.8 Å². The minimum Gasteiger partial charge on any atom is -0.480 e. The Hall–Kier alpha value is -1.36. The molecule has 0 radical (unpaired) electrons. The number of hydrogen-bond donors (Lipinski definition) is 3. The number of nitrogens with one attached hydrogen (secondary N) is 1. The van der Waals surface area contributed by atoms with E-state index in [-0.39, 0.29) is 18.9 Å². The van der Waals surface area contributed by atoms with Gasteiger partial charge in [-0.25, -0.2) is 0 Å². The maximum absolute atomic E-state index is 11.0. The van der Waals surface area contributed by atoms with Gasteiger partial charge in [0.25, 0.3) is 0 Å². The van der Waals surface area contributed by atoms with Gasteiger partial charge in [-0.05, 0) is 19.3 Å². The number of carbonyl (C=O) groups is 2. The molecule has 15 heavy (non-hydrogen) atoms. The molecule has 86 valence electrons. The third-order valence-corrected chi connectivity index (χ3v) is 1.82. The van der Waals surface area contributed by atoms with E-state index in [2.05, 4.69) is 11.9 Å². The lowest BCUT2D eigenvalue weighted by Crippen LogP contribution is -2.29. The number of carbonyl (C=O) groups excluding carboxylic acids is 1. The molecule has 0 bridgehead atoms. The van der Waals surface area contributed by atoms with Crippen LogP contribution in [0.5, 0.6) is 0 Å². The highest BCUT2D eigenvalue weighted by Crippen LogP contribution is 2.04. The molecule has 0 saturated heterocycles. The molecule has 1 amide bonds. The zero-order chi connectivity index (χ0) is 11.7. The molecule has 0 aliphatic rings. The molecule has 0 aromatic carbocycles. The second-order valence-electron chi connectivity index (χ2n) is 3.24. The van der Waals surface area contributed by atoms with Crippen molar-refractivity contribution in [3.05, 3.63) is 12.7 Å². The third kappa shape index (κ3) is 8.96. The van der Waals surface area contributed by atoms with Crippen molar-refractivity contribution in [3.8, 4) is 0 Å². The molecule has 0 aromatic heterocycles. The van der Waals surface area contributed by atoms with Crippen molar-refractivity contribution < 1.29 is 19.8 Å². The quantitative estimate of drug-likeness (QED) is 0.508. The second-order valence-corrected chi connectivity index (χ2v) is 3.24. The summed E-state index contributed by atoms with van der Waals surface area (Å²) in [5.74, 6) is -1.36. The summed E-state index contributed by atoms with van der Waals surface area (Å²) in [4.78, 5) is 21.1. The summed E-state index contributed by atoms with van der Waals surface area (Å²) >= 11 is 0. The van der Waals surface area contributed by atoms with Gasteiger partial charge in [0, 0.05) is 6.42 Å². The summed E-state index contributed by atoms with van der Waals surface area (Å²) in [5.41, 5.74) is 0. The van der Waals surface area contributed by atoms with Crippen molar-refractivity contribution in [2.24, 2.45) is 0 Å². The van der Waals surface area contributed by atoms with E-state index in [1.807, 2.05) is 0 Å². The summed E-state index contributed by atoms with van der Waals surface area (Å²) in [6, 6.07) is 0. The summed E-state index contributed by atoms with van der Waals surface area (Å²) in [6.45, 7) is 3.14. The Morgan fingerprint density at radius 3 is 2.67 bits per heavy atom. The van der Waals surface area contributed by atoms with Gasteiger partial charge in [0.15, 0.2) is 0 Å². The van der Waals surface area contributed by atoms with Gasteiger partial charge >= 0.3 is 5.97 Å². The van der Waals surface area contributed by atoms with Gasteiger partial charge in [0.2, 0.25) is 5.91 Å². The van der Waals surface area contributed by atoms with Crippen LogP contribution in [-0.4, -0.2) is 34.7 Å². The van der Waals surface area contributed by atoms with Crippen LogP contribution in [0.3, 0.4) is 0 Å². The maximum Gasteiger partial charge on any atom is 0.322 e. The summed E-state index contributed by atoms with van der Waals surface area (Å²) in [7, 11) is 0. The molecular formula is C10H17NO4. The number of carboxylic acids is 1. The van der Waals surface area contributed by atoms with E-state index in [1.54, 1.807) is 6.08 Å². The number of rotatable bonds is 8. The smallest absolute Gasteiger partial charge is 0.322 e. The molecular weight excluding hydrogens is 198 g/mol. The fourth-order valence-electron chi connectivity index (χ4n) is 1.07. The molecule has 0 heterocycles. The van der Waals surface area contributed by atoms with Crippen molar-refractivity contribution in [1.29, 1.82) is 0 Å². The molecule has 0 saturated carbocycles. The van der Waals surface area contributed by atoms with Gasteiger partial charge in [0.1, 0.15) is 6.54 Å². The first kappa shape index (κ1) is 13.6. The number of amides is 1. The SMILES string of the molecule is C=CCC(O)CCCC(=O)NCC(=O)O. The number of aliphatic hydroxyl groups is 1. The Morgan fingerprint density at radius 1 is 1.47 bits per heavy atom. The standard InChI is InChI=1S/C10H17NO4/c1-2-4-8(12)5-3-6-9(13)11-7-10(14)15/h2,8,12H,1,3-7H2,(H,11,13)(H,14,15). The normalized spacial score (nSPS) is 11.8. The van der Waals surface area contributed by atoms with Gasteiger partial charge in [-0.3, -0.25) is 9.59 Å². The Morgan fingerprint density at radius 2 is 2.13 bits per heavy atom. The number of aliphatic carboxylic acids is 1. The molecule has 3 N–H and O–H groups in total. The van der Waals surface area contributed by atoms with E-state index in [0.29, 0.717) is 19.3 Å². The first-order chi connectivity index (χ1) is 7.06. The van der Waals surface area contributed by atoms with Crippen LogP contribution in [0, 0.1) is 0 Å². The zero-order valence-corrected chi connectivity index (χ0v) is 8.61. The highest BCUT2D eigenvalue weighted by Gasteiger charge is 2.06. The highest BCUT2D eigenvalue weighted by molar-refractivity contribution is 5.80. The Balaban J connectivity index is 3.46. The first-order valence-corrected chi connectivity index (χ1v) is 4.83. The lowest BCUT2D eigenvalue weighted by Gasteiger charge is -2.07. The average molecular weight is 215 g/mol. The average Bonchev–Trinajstić information content (AvgIpc) is 2.15. The van der Waals surface area contributed by atoms with Crippen LogP contribution in [-0.2, 0) is 9.59 Å². The molecule has 0 aliphatic heterocycles. The summed E-state index contributed by atoms with van der Waals surface area (Å²) in [6.07, 6.45) is 2.97. The van der Waals surface area contributed by atoms with Crippen molar-refractivity contribution in [2.45, 2.75) is 31.8 Å². The number of hydrogen-bond acceptors (Lipinski definition) is 3. The van der Waals surface area contributed by atoms with E-state index in [1.165, 1.54) is 0 Å². The summed E-state index contributed by atoms with van der Waals surface area (Å²) < 4.78 is 0. The van der Waals surface area contributed by atoms with Gasteiger partial charge in [-0.2, -0.15) is 0 Å². The number of aliphatic hydroxyl groups excluding tert-OH is 1. The number of carboxylic acid groups (broad SMARTS) is 1. The zero-order valence-electron chi connectivity index (χ0n) is 8.61. The highest BCUT2D eigenvalue weighted by atomic mass is 16.4. The minimum atomic E-state index is -1.06. The van der Waals surface area contributed by atoms with Gasteiger partial charge < -0.3 is 15.5 Å². The molecule has 0 aliphatic carbocycles.